The summed E-state index contributed by atoms with van der Waals surface area (Å²) < 4.78 is 0. The minimum atomic E-state index is -0.725. The van der Waals surface area contributed by atoms with Gasteiger partial charge in [-0.25, -0.2) is 0 Å². The first-order valence-electron chi connectivity index (χ1n) is 6.45. The molecular weight excluding hydrogens is 208 g/mol. The van der Waals surface area contributed by atoms with E-state index in [1.165, 1.54) is 5.56 Å². The molecule has 1 heteroatoms. The van der Waals surface area contributed by atoms with Crippen molar-refractivity contribution in [1.82, 2.24) is 0 Å². The first-order valence-corrected chi connectivity index (χ1v) is 6.45. The van der Waals surface area contributed by atoms with Crippen LogP contribution in [0.3, 0.4) is 0 Å². The van der Waals surface area contributed by atoms with Crippen LogP contribution in [0.1, 0.15) is 56.6 Å². The van der Waals surface area contributed by atoms with Crippen LogP contribution in [-0.2, 0) is 0 Å². The van der Waals surface area contributed by atoms with Crippen molar-refractivity contribution in [3.05, 3.63) is 35.4 Å². The standard InChI is InChI=1S/C16H20O/c1-13(2)15-7-5-14(6-8-15)9-12-16(17)10-3-4-11-16/h5-8,13,17H,3-4,10-11H2,1-2H3. The molecule has 1 N–H and O–H groups in total. The van der Waals surface area contributed by atoms with Crippen LogP contribution in [0.2, 0.25) is 0 Å². The molecule has 90 valence electrons. The molecule has 0 saturated heterocycles. The zero-order chi connectivity index (χ0) is 12.3. The van der Waals surface area contributed by atoms with Crippen molar-refractivity contribution in [2.24, 2.45) is 0 Å². The number of hydrogen-bond donors (Lipinski definition) is 1. The lowest BCUT2D eigenvalue weighted by molar-refractivity contribution is 0.110. The van der Waals surface area contributed by atoms with E-state index in [-0.39, 0.29) is 0 Å². The molecule has 1 aliphatic rings. The van der Waals surface area contributed by atoms with E-state index in [1.54, 1.807) is 0 Å². The fourth-order valence-corrected chi connectivity index (χ4v) is 2.22. The van der Waals surface area contributed by atoms with Gasteiger partial charge in [0.15, 0.2) is 0 Å². The third kappa shape index (κ3) is 3.11. The summed E-state index contributed by atoms with van der Waals surface area (Å²) in [6.07, 6.45) is 3.84. The van der Waals surface area contributed by atoms with Gasteiger partial charge in [-0.2, -0.15) is 0 Å². The molecule has 0 heterocycles. The van der Waals surface area contributed by atoms with Crippen molar-refractivity contribution in [3.63, 3.8) is 0 Å². The van der Waals surface area contributed by atoms with Gasteiger partial charge in [-0.3, -0.25) is 0 Å². The van der Waals surface area contributed by atoms with Crippen LogP contribution in [0.25, 0.3) is 0 Å². The van der Waals surface area contributed by atoms with Crippen molar-refractivity contribution in [2.45, 2.75) is 51.0 Å². The molecule has 0 aromatic heterocycles. The highest BCUT2D eigenvalue weighted by molar-refractivity contribution is 5.38. The Morgan fingerprint density at radius 1 is 1.12 bits per heavy atom. The summed E-state index contributed by atoms with van der Waals surface area (Å²) in [6, 6.07) is 8.32. The minimum absolute atomic E-state index is 0.552. The lowest BCUT2D eigenvalue weighted by atomic mass is 10.0. The molecule has 1 fully saturated rings. The monoisotopic (exact) mass is 228 g/mol. The second-order valence-electron chi connectivity index (χ2n) is 5.27. The predicted molar refractivity (Wildman–Crippen MR) is 70.8 cm³/mol. The maximum Gasteiger partial charge on any atom is 0.125 e. The third-order valence-electron chi connectivity index (χ3n) is 3.45. The molecule has 0 atom stereocenters. The lowest BCUT2D eigenvalue weighted by Gasteiger charge is -2.12. The van der Waals surface area contributed by atoms with E-state index in [9.17, 15) is 5.11 Å². The summed E-state index contributed by atoms with van der Waals surface area (Å²) >= 11 is 0. The Balaban J connectivity index is 2.11. The van der Waals surface area contributed by atoms with Crippen LogP contribution in [0.5, 0.6) is 0 Å². The van der Waals surface area contributed by atoms with Gasteiger partial charge in [0.05, 0.1) is 0 Å². The molecule has 0 spiro atoms. The normalized spacial score (nSPS) is 17.9. The van der Waals surface area contributed by atoms with Gasteiger partial charge in [-0.05, 0) is 49.3 Å². The van der Waals surface area contributed by atoms with Gasteiger partial charge in [-0.1, -0.05) is 37.8 Å². The molecule has 0 aliphatic heterocycles. The van der Waals surface area contributed by atoms with Crippen molar-refractivity contribution >= 4 is 0 Å². The van der Waals surface area contributed by atoms with Crippen LogP contribution in [0, 0.1) is 11.8 Å². The van der Waals surface area contributed by atoms with Gasteiger partial charge in [0.25, 0.3) is 0 Å². The highest BCUT2D eigenvalue weighted by Crippen LogP contribution is 2.28. The average molecular weight is 228 g/mol. The summed E-state index contributed by atoms with van der Waals surface area (Å²) in [5, 5.41) is 10.1. The average Bonchev–Trinajstić information content (AvgIpc) is 2.75. The van der Waals surface area contributed by atoms with Gasteiger partial charge < -0.3 is 5.11 Å². The van der Waals surface area contributed by atoms with Crippen LogP contribution in [0.15, 0.2) is 24.3 Å². The molecule has 17 heavy (non-hydrogen) atoms. The molecule has 0 radical (unpaired) electrons. The second-order valence-corrected chi connectivity index (χ2v) is 5.27. The molecule has 1 saturated carbocycles. The SMILES string of the molecule is CC(C)c1ccc(C#CC2(O)CCCC2)cc1. The summed E-state index contributed by atoms with van der Waals surface area (Å²) in [6.45, 7) is 4.36. The summed E-state index contributed by atoms with van der Waals surface area (Å²) in [5.41, 5.74) is 1.60. The third-order valence-corrected chi connectivity index (χ3v) is 3.45. The zero-order valence-electron chi connectivity index (χ0n) is 10.7. The molecule has 1 aromatic carbocycles. The lowest BCUT2D eigenvalue weighted by Crippen LogP contribution is -2.20. The molecular formula is C16H20O. The van der Waals surface area contributed by atoms with Gasteiger partial charge in [0, 0.05) is 5.56 Å². The molecule has 1 nitrogen and oxygen atoms in total. The Labute approximate surface area is 104 Å². The van der Waals surface area contributed by atoms with E-state index in [1.807, 2.05) is 12.1 Å². The topological polar surface area (TPSA) is 20.2 Å². The second kappa shape index (κ2) is 4.94. The van der Waals surface area contributed by atoms with E-state index in [4.69, 9.17) is 0 Å². The maximum atomic E-state index is 10.1. The van der Waals surface area contributed by atoms with Crippen molar-refractivity contribution in [2.75, 3.05) is 0 Å². The molecule has 0 amide bonds. The van der Waals surface area contributed by atoms with E-state index in [0.29, 0.717) is 5.92 Å². The highest BCUT2D eigenvalue weighted by atomic mass is 16.3. The van der Waals surface area contributed by atoms with Gasteiger partial charge in [-0.15, -0.1) is 0 Å². The van der Waals surface area contributed by atoms with Crippen molar-refractivity contribution in [1.29, 1.82) is 0 Å². The van der Waals surface area contributed by atoms with Crippen LogP contribution in [-0.4, -0.2) is 10.7 Å². The van der Waals surface area contributed by atoms with Crippen LogP contribution < -0.4 is 0 Å². The van der Waals surface area contributed by atoms with E-state index in [0.717, 1.165) is 31.2 Å². The largest absolute Gasteiger partial charge is 0.378 e. The fourth-order valence-electron chi connectivity index (χ4n) is 2.22. The zero-order valence-corrected chi connectivity index (χ0v) is 10.7. The van der Waals surface area contributed by atoms with Crippen molar-refractivity contribution < 1.29 is 5.11 Å². The summed E-state index contributed by atoms with van der Waals surface area (Å²) in [5.74, 6) is 6.67. The number of rotatable bonds is 1. The quantitative estimate of drug-likeness (QED) is 0.730. The minimum Gasteiger partial charge on any atom is -0.378 e. The molecule has 2 rings (SSSR count). The number of hydrogen-bond acceptors (Lipinski definition) is 1. The number of aliphatic hydroxyl groups is 1. The maximum absolute atomic E-state index is 10.1. The number of benzene rings is 1. The Morgan fingerprint density at radius 3 is 2.24 bits per heavy atom. The predicted octanol–water partition coefficient (Wildman–Crippen LogP) is 3.47. The molecule has 0 unspecified atom stereocenters. The Bertz CT molecular complexity index is 425. The smallest absolute Gasteiger partial charge is 0.125 e. The van der Waals surface area contributed by atoms with Crippen LogP contribution in [0.4, 0.5) is 0 Å². The van der Waals surface area contributed by atoms with E-state index < -0.39 is 5.60 Å². The van der Waals surface area contributed by atoms with Gasteiger partial charge in [0.2, 0.25) is 0 Å². The molecule has 1 aliphatic carbocycles. The van der Waals surface area contributed by atoms with Crippen LogP contribution >= 0.6 is 0 Å². The highest BCUT2D eigenvalue weighted by Gasteiger charge is 2.28. The Kier molecular flexibility index (Phi) is 3.54. The van der Waals surface area contributed by atoms with Gasteiger partial charge >= 0.3 is 0 Å². The van der Waals surface area contributed by atoms with E-state index >= 15 is 0 Å². The Morgan fingerprint density at radius 2 is 1.71 bits per heavy atom. The molecule has 1 aromatic rings. The first-order chi connectivity index (χ1) is 8.09. The van der Waals surface area contributed by atoms with Gasteiger partial charge in [0.1, 0.15) is 5.60 Å². The summed E-state index contributed by atoms with van der Waals surface area (Å²) in [7, 11) is 0. The van der Waals surface area contributed by atoms with Crippen molar-refractivity contribution in [3.8, 4) is 11.8 Å². The fraction of sp³-hybridized carbons (Fsp3) is 0.500. The van der Waals surface area contributed by atoms with E-state index in [2.05, 4.69) is 37.8 Å². The molecule has 0 bridgehead atoms. The Hall–Kier alpha value is -1.26. The summed E-state index contributed by atoms with van der Waals surface area (Å²) in [4.78, 5) is 0. The first kappa shape index (κ1) is 12.2.